The number of anilines is 1. The number of fused-ring (bicyclic) bond motifs is 1. The van der Waals surface area contributed by atoms with Crippen molar-refractivity contribution in [2.45, 2.75) is 13.2 Å². The summed E-state index contributed by atoms with van der Waals surface area (Å²) >= 11 is 0. The molecule has 0 aromatic heterocycles. The fraction of sp³-hybridized carbons (Fsp3) is 0.235. The topological polar surface area (TPSA) is 93.5 Å². The number of nitro benzene ring substituents is 1. The second-order valence-electron chi connectivity index (χ2n) is 5.46. The number of non-ortho nitro benzene ring substituents is 1. The van der Waals surface area contributed by atoms with Gasteiger partial charge in [-0.15, -0.1) is 0 Å². The van der Waals surface area contributed by atoms with Crippen LogP contribution in [0.25, 0.3) is 0 Å². The van der Waals surface area contributed by atoms with E-state index in [1.54, 1.807) is 18.2 Å². The molecule has 2 aromatic carbocycles. The van der Waals surface area contributed by atoms with Gasteiger partial charge in [0.15, 0.2) is 0 Å². The van der Waals surface area contributed by atoms with E-state index in [2.05, 4.69) is 10.6 Å². The number of nitrogens with one attached hydrogen (secondary N) is 2. The van der Waals surface area contributed by atoms with Crippen molar-refractivity contribution in [2.75, 3.05) is 18.4 Å². The molecule has 1 aliphatic heterocycles. The van der Waals surface area contributed by atoms with Crippen molar-refractivity contribution in [1.29, 1.82) is 0 Å². The van der Waals surface area contributed by atoms with Gasteiger partial charge in [0.05, 0.1) is 18.1 Å². The number of benzene rings is 2. The highest BCUT2D eigenvalue weighted by atomic mass is 16.6. The molecule has 0 atom stereocenters. The predicted octanol–water partition coefficient (Wildman–Crippen LogP) is 2.47. The van der Waals surface area contributed by atoms with Gasteiger partial charge in [-0.3, -0.25) is 14.9 Å². The van der Waals surface area contributed by atoms with Gasteiger partial charge in [0.25, 0.3) is 11.6 Å². The van der Waals surface area contributed by atoms with Gasteiger partial charge >= 0.3 is 0 Å². The Hall–Kier alpha value is -2.93. The number of hydrogen-bond acceptors (Lipinski definition) is 5. The van der Waals surface area contributed by atoms with Crippen LogP contribution in [0.3, 0.4) is 0 Å². The summed E-state index contributed by atoms with van der Waals surface area (Å²) in [4.78, 5) is 22.3. The summed E-state index contributed by atoms with van der Waals surface area (Å²) in [6.45, 7) is 2.13. The molecule has 0 fully saturated rings. The summed E-state index contributed by atoms with van der Waals surface area (Å²) in [6, 6.07) is 11.7. The Morgan fingerprint density at radius 1 is 1.08 bits per heavy atom. The lowest BCUT2D eigenvalue weighted by atomic mass is 10.1. The van der Waals surface area contributed by atoms with E-state index in [1.165, 1.54) is 12.1 Å². The molecule has 3 rings (SSSR count). The second kappa shape index (κ2) is 7.10. The quantitative estimate of drug-likeness (QED) is 0.483. The molecule has 0 spiro atoms. The minimum atomic E-state index is -0.439. The lowest BCUT2D eigenvalue weighted by Gasteiger charge is -2.08. The number of rotatable bonds is 6. The molecule has 1 heterocycles. The first-order chi connectivity index (χ1) is 11.6. The molecule has 0 aliphatic carbocycles. The van der Waals surface area contributed by atoms with Crippen LogP contribution < -0.4 is 10.6 Å². The van der Waals surface area contributed by atoms with E-state index in [4.69, 9.17) is 4.74 Å². The van der Waals surface area contributed by atoms with E-state index in [-0.39, 0.29) is 11.6 Å². The van der Waals surface area contributed by atoms with Gasteiger partial charge in [0, 0.05) is 36.5 Å². The van der Waals surface area contributed by atoms with E-state index in [0.717, 1.165) is 16.8 Å². The highest BCUT2D eigenvalue weighted by Gasteiger charge is 2.14. The van der Waals surface area contributed by atoms with Crippen molar-refractivity contribution in [3.63, 3.8) is 0 Å². The van der Waals surface area contributed by atoms with Gasteiger partial charge in [-0.1, -0.05) is 6.07 Å². The van der Waals surface area contributed by atoms with E-state index < -0.39 is 4.92 Å². The number of ether oxygens (including phenoxy) is 1. The fourth-order valence-corrected chi connectivity index (χ4v) is 2.50. The zero-order chi connectivity index (χ0) is 16.9. The Kier molecular flexibility index (Phi) is 4.72. The summed E-state index contributed by atoms with van der Waals surface area (Å²) < 4.78 is 5.34. The SMILES string of the molecule is O=C(NCCNc1ccc([N+](=O)[O-])cc1)c1ccc2c(c1)COC2. The van der Waals surface area contributed by atoms with Crippen LogP contribution >= 0.6 is 0 Å². The summed E-state index contributed by atoms with van der Waals surface area (Å²) in [7, 11) is 0. The summed E-state index contributed by atoms with van der Waals surface area (Å²) in [5, 5.41) is 16.5. The third kappa shape index (κ3) is 3.69. The molecular weight excluding hydrogens is 310 g/mol. The lowest BCUT2D eigenvalue weighted by molar-refractivity contribution is -0.384. The molecule has 2 aromatic rings. The highest BCUT2D eigenvalue weighted by Crippen LogP contribution is 2.20. The maximum Gasteiger partial charge on any atom is 0.269 e. The van der Waals surface area contributed by atoms with Crippen LogP contribution in [0.1, 0.15) is 21.5 Å². The monoisotopic (exact) mass is 327 g/mol. The molecule has 24 heavy (non-hydrogen) atoms. The lowest BCUT2D eigenvalue weighted by Crippen LogP contribution is -2.28. The van der Waals surface area contributed by atoms with Crippen LogP contribution in [-0.4, -0.2) is 23.9 Å². The minimum Gasteiger partial charge on any atom is -0.383 e. The van der Waals surface area contributed by atoms with E-state index in [9.17, 15) is 14.9 Å². The zero-order valence-electron chi connectivity index (χ0n) is 13.0. The van der Waals surface area contributed by atoms with Crippen molar-refractivity contribution < 1.29 is 14.5 Å². The molecule has 0 bridgehead atoms. The largest absolute Gasteiger partial charge is 0.383 e. The maximum absolute atomic E-state index is 12.1. The Morgan fingerprint density at radius 2 is 1.83 bits per heavy atom. The van der Waals surface area contributed by atoms with E-state index >= 15 is 0 Å². The summed E-state index contributed by atoms with van der Waals surface area (Å²) in [6.07, 6.45) is 0. The smallest absolute Gasteiger partial charge is 0.269 e. The molecule has 1 amide bonds. The molecule has 1 aliphatic rings. The van der Waals surface area contributed by atoms with Crippen molar-refractivity contribution in [3.8, 4) is 0 Å². The van der Waals surface area contributed by atoms with Gasteiger partial charge in [-0.25, -0.2) is 0 Å². The van der Waals surface area contributed by atoms with Crippen molar-refractivity contribution >= 4 is 17.3 Å². The fourth-order valence-electron chi connectivity index (χ4n) is 2.50. The van der Waals surface area contributed by atoms with Gasteiger partial charge in [-0.2, -0.15) is 0 Å². The number of amides is 1. The van der Waals surface area contributed by atoms with Crippen LogP contribution in [-0.2, 0) is 18.0 Å². The highest BCUT2D eigenvalue weighted by molar-refractivity contribution is 5.94. The molecule has 124 valence electrons. The molecule has 2 N–H and O–H groups in total. The van der Waals surface area contributed by atoms with Crippen molar-refractivity contribution in [1.82, 2.24) is 5.32 Å². The predicted molar refractivity (Wildman–Crippen MR) is 88.9 cm³/mol. The minimum absolute atomic E-state index is 0.0504. The first kappa shape index (κ1) is 15.9. The molecule has 7 heteroatoms. The molecule has 0 unspecified atom stereocenters. The first-order valence-corrected chi connectivity index (χ1v) is 7.59. The standard InChI is InChI=1S/C17H17N3O4/c21-17(12-1-2-13-10-24-11-14(13)9-12)19-8-7-18-15-3-5-16(6-4-15)20(22)23/h1-6,9,18H,7-8,10-11H2,(H,19,21). The van der Waals surface area contributed by atoms with Gasteiger partial charge in [-0.05, 0) is 35.4 Å². The van der Waals surface area contributed by atoms with Gasteiger partial charge < -0.3 is 15.4 Å². The molecule has 0 radical (unpaired) electrons. The van der Waals surface area contributed by atoms with Crippen LogP contribution in [0.2, 0.25) is 0 Å². The maximum atomic E-state index is 12.1. The number of nitrogens with zero attached hydrogens (tertiary/aromatic N) is 1. The third-order valence-corrected chi connectivity index (χ3v) is 3.80. The average molecular weight is 327 g/mol. The molecule has 0 saturated carbocycles. The Bertz CT molecular complexity index is 759. The Labute approximate surface area is 138 Å². The van der Waals surface area contributed by atoms with E-state index in [1.807, 2.05) is 12.1 Å². The van der Waals surface area contributed by atoms with Crippen LogP contribution in [0, 0.1) is 10.1 Å². The number of nitro groups is 1. The first-order valence-electron chi connectivity index (χ1n) is 7.59. The number of carbonyl (C=O) groups excluding carboxylic acids is 1. The Balaban J connectivity index is 1.46. The van der Waals surface area contributed by atoms with Gasteiger partial charge in [0.2, 0.25) is 0 Å². The number of carbonyl (C=O) groups is 1. The second-order valence-corrected chi connectivity index (χ2v) is 5.46. The average Bonchev–Trinajstić information content (AvgIpc) is 3.06. The zero-order valence-corrected chi connectivity index (χ0v) is 13.0. The van der Waals surface area contributed by atoms with E-state index in [0.29, 0.717) is 31.9 Å². The van der Waals surface area contributed by atoms with Crippen LogP contribution in [0.5, 0.6) is 0 Å². The van der Waals surface area contributed by atoms with Crippen molar-refractivity contribution in [2.24, 2.45) is 0 Å². The van der Waals surface area contributed by atoms with Crippen LogP contribution in [0.4, 0.5) is 11.4 Å². The molecule has 0 saturated heterocycles. The summed E-state index contributed by atoms with van der Waals surface area (Å²) in [5.41, 5.74) is 3.63. The normalized spacial score (nSPS) is 12.5. The van der Waals surface area contributed by atoms with Crippen molar-refractivity contribution in [3.05, 3.63) is 69.3 Å². The van der Waals surface area contributed by atoms with Crippen LogP contribution in [0.15, 0.2) is 42.5 Å². The third-order valence-electron chi connectivity index (χ3n) is 3.80. The Morgan fingerprint density at radius 3 is 2.58 bits per heavy atom. The number of hydrogen-bond donors (Lipinski definition) is 2. The summed E-state index contributed by atoms with van der Waals surface area (Å²) in [5.74, 6) is -0.129. The van der Waals surface area contributed by atoms with Gasteiger partial charge in [0.1, 0.15) is 0 Å². The molecular formula is C17H17N3O4. The molecule has 7 nitrogen and oxygen atoms in total.